The molecule has 0 bridgehead atoms. The molecular formula is C20H38N4O4. The van der Waals surface area contributed by atoms with Crippen molar-refractivity contribution in [2.75, 3.05) is 6.54 Å². The molecule has 0 radical (unpaired) electrons. The maximum atomic E-state index is 12.7. The number of amides is 3. The van der Waals surface area contributed by atoms with Crippen LogP contribution in [-0.4, -0.2) is 48.7 Å². The van der Waals surface area contributed by atoms with Crippen molar-refractivity contribution >= 4 is 24.0 Å². The van der Waals surface area contributed by atoms with E-state index in [0.29, 0.717) is 32.1 Å². The Bertz CT molecular complexity index is 508. The third-order valence-electron chi connectivity index (χ3n) is 4.20. The van der Waals surface area contributed by atoms with Crippen LogP contribution in [0.1, 0.15) is 66.7 Å². The number of nitrogens with one attached hydrogen (secondary N) is 3. The van der Waals surface area contributed by atoms with Crippen LogP contribution in [0.2, 0.25) is 0 Å². The van der Waals surface area contributed by atoms with Crippen molar-refractivity contribution in [3.63, 3.8) is 0 Å². The fourth-order valence-corrected chi connectivity index (χ4v) is 2.89. The van der Waals surface area contributed by atoms with Crippen molar-refractivity contribution in [1.82, 2.24) is 16.0 Å². The number of rotatable bonds is 14. The molecule has 28 heavy (non-hydrogen) atoms. The number of nitrogens with two attached hydrogens (primary N) is 1. The first kappa shape index (κ1) is 26.0. The number of hydrogen-bond acceptors (Lipinski definition) is 5. The van der Waals surface area contributed by atoms with Crippen molar-refractivity contribution in [2.24, 2.45) is 17.6 Å². The van der Waals surface area contributed by atoms with E-state index in [-0.39, 0.29) is 17.7 Å². The van der Waals surface area contributed by atoms with E-state index in [9.17, 15) is 19.2 Å². The molecule has 0 aromatic heterocycles. The van der Waals surface area contributed by atoms with E-state index in [2.05, 4.69) is 16.0 Å². The average Bonchev–Trinajstić information content (AvgIpc) is 2.58. The van der Waals surface area contributed by atoms with E-state index in [1.807, 2.05) is 27.7 Å². The van der Waals surface area contributed by atoms with E-state index in [1.54, 1.807) is 0 Å². The van der Waals surface area contributed by atoms with Gasteiger partial charge in [0.05, 0.1) is 6.04 Å². The Kier molecular flexibility index (Phi) is 13.1. The fraction of sp³-hybridized carbons (Fsp3) is 0.800. The van der Waals surface area contributed by atoms with Gasteiger partial charge < -0.3 is 26.5 Å². The van der Waals surface area contributed by atoms with Gasteiger partial charge in [0, 0.05) is 6.92 Å². The standard InChI is InChI=1S/C20H38N4O4/c1-13(2)10-17(22-15(5)26)20(28)24-18(11-14(3)4)19(27)23-16(12-25)8-6-7-9-21/h12-14,16-18H,6-11,21H2,1-5H3,(H,22,26)(H,23,27)(H,24,28)/t16?,17-,18-/m0/s1. The van der Waals surface area contributed by atoms with Gasteiger partial charge in [-0.1, -0.05) is 27.7 Å². The summed E-state index contributed by atoms with van der Waals surface area (Å²) in [7, 11) is 0. The Hall–Kier alpha value is -1.96. The van der Waals surface area contributed by atoms with Gasteiger partial charge >= 0.3 is 0 Å². The van der Waals surface area contributed by atoms with Gasteiger partial charge in [0.25, 0.3) is 0 Å². The molecule has 8 heteroatoms. The highest BCUT2D eigenvalue weighted by molar-refractivity contribution is 5.92. The Labute approximate surface area is 168 Å². The zero-order valence-corrected chi connectivity index (χ0v) is 17.9. The molecule has 162 valence electrons. The van der Waals surface area contributed by atoms with E-state index >= 15 is 0 Å². The number of unbranched alkanes of at least 4 members (excludes halogenated alkanes) is 1. The Balaban J connectivity index is 5.10. The van der Waals surface area contributed by atoms with Crippen LogP contribution in [0.4, 0.5) is 0 Å². The molecule has 1 unspecified atom stereocenters. The lowest BCUT2D eigenvalue weighted by Crippen LogP contribution is -2.55. The SMILES string of the molecule is CC(=O)N[C@@H](CC(C)C)C(=O)N[C@@H](CC(C)C)C(=O)NC(C=O)CCCCN. The lowest BCUT2D eigenvalue weighted by molar-refractivity contribution is -0.133. The molecule has 0 aliphatic rings. The van der Waals surface area contributed by atoms with Gasteiger partial charge in [-0.25, -0.2) is 0 Å². The maximum absolute atomic E-state index is 12.7. The fourth-order valence-electron chi connectivity index (χ4n) is 2.89. The van der Waals surface area contributed by atoms with Crippen LogP contribution in [0.25, 0.3) is 0 Å². The van der Waals surface area contributed by atoms with Crippen molar-refractivity contribution in [3.8, 4) is 0 Å². The second kappa shape index (κ2) is 14.1. The number of hydrogen-bond donors (Lipinski definition) is 4. The van der Waals surface area contributed by atoms with Crippen molar-refractivity contribution in [2.45, 2.75) is 84.8 Å². The predicted molar refractivity (Wildman–Crippen MR) is 109 cm³/mol. The van der Waals surface area contributed by atoms with Gasteiger partial charge in [0.2, 0.25) is 17.7 Å². The van der Waals surface area contributed by atoms with Crippen LogP contribution < -0.4 is 21.7 Å². The molecule has 3 amide bonds. The Morgan fingerprint density at radius 1 is 0.857 bits per heavy atom. The van der Waals surface area contributed by atoms with E-state index in [4.69, 9.17) is 5.73 Å². The van der Waals surface area contributed by atoms with E-state index < -0.39 is 29.9 Å². The minimum absolute atomic E-state index is 0.160. The lowest BCUT2D eigenvalue weighted by atomic mass is 9.99. The highest BCUT2D eigenvalue weighted by Gasteiger charge is 2.28. The van der Waals surface area contributed by atoms with Gasteiger partial charge in [-0.05, 0) is 50.5 Å². The molecule has 0 heterocycles. The van der Waals surface area contributed by atoms with Crippen LogP contribution in [0.5, 0.6) is 0 Å². The summed E-state index contributed by atoms with van der Waals surface area (Å²) in [5, 5.41) is 8.11. The molecule has 0 saturated carbocycles. The van der Waals surface area contributed by atoms with Crippen LogP contribution in [0.15, 0.2) is 0 Å². The minimum Gasteiger partial charge on any atom is -0.345 e. The predicted octanol–water partition coefficient (Wildman–Crippen LogP) is 0.881. The Morgan fingerprint density at radius 2 is 1.36 bits per heavy atom. The number of aldehydes is 1. The summed E-state index contributed by atoms with van der Waals surface area (Å²) in [6, 6.07) is -2.08. The molecule has 0 saturated heterocycles. The quantitative estimate of drug-likeness (QED) is 0.255. The molecule has 5 N–H and O–H groups in total. The lowest BCUT2D eigenvalue weighted by Gasteiger charge is -2.25. The summed E-state index contributed by atoms with van der Waals surface area (Å²) in [5.74, 6) is -0.727. The smallest absolute Gasteiger partial charge is 0.243 e. The van der Waals surface area contributed by atoms with E-state index in [0.717, 1.165) is 12.8 Å². The monoisotopic (exact) mass is 398 g/mol. The first-order chi connectivity index (χ1) is 13.1. The second-order valence-corrected chi connectivity index (χ2v) is 8.11. The summed E-state index contributed by atoms with van der Waals surface area (Å²) in [5.41, 5.74) is 5.46. The zero-order chi connectivity index (χ0) is 21.7. The summed E-state index contributed by atoms with van der Waals surface area (Å²) >= 11 is 0. The summed E-state index contributed by atoms with van der Waals surface area (Å²) < 4.78 is 0. The summed E-state index contributed by atoms with van der Waals surface area (Å²) in [6.07, 6.45) is 3.64. The molecular weight excluding hydrogens is 360 g/mol. The third-order valence-corrected chi connectivity index (χ3v) is 4.20. The van der Waals surface area contributed by atoms with Gasteiger partial charge in [0.1, 0.15) is 18.4 Å². The van der Waals surface area contributed by atoms with Gasteiger partial charge in [0.15, 0.2) is 0 Å². The van der Waals surface area contributed by atoms with Crippen molar-refractivity contribution in [3.05, 3.63) is 0 Å². The average molecular weight is 399 g/mol. The Morgan fingerprint density at radius 3 is 1.79 bits per heavy atom. The summed E-state index contributed by atoms with van der Waals surface area (Å²) in [4.78, 5) is 48.1. The molecule has 0 aliphatic heterocycles. The minimum atomic E-state index is -0.770. The van der Waals surface area contributed by atoms with Crippen LogP contribution >= 0.6 is 0 Å². The van der Waals surface area contributed by atoms with Crippen LogP contribution in [0.3, 0.4) is 0 Å². The topological polar surface area (TPSA) is 130 Å². The number of carbonyl (C=O) groups excluding carboxylic acids is 4. The number of carbonyl (C=O) groups is 4. The van der Waals surface area contributed by atoms with Gasteiger partial charge in [-0.2, -0.15) is 0 Å². The van der Waals surface area contributed by atoms with Crippen LogP contribution in [-0.2, 0) is 19.2 Å². The molecule has 0 fully saturated rings. The first-order valence-corrected chi connectivity index (χ1v) is 10.1. The molecule has 0 aromatic carbocycles. The molecule has 0 aliphatic carbocycles. The molecule has 0 spiro atoms. The van der Waals surface area contributed by atoms with Crippen molar-refractivity contribution in [1.29, 1.82) is 0 Å². The van der Waals surface area contributed by atoms with E-state index in [1.165, 1.54) is 6.92 Å². The highest BCUT2D eigenvalue weighted by atomic mass is 16.2. The molecule has 8 nitrogen and oxygen atoms in total. The van der Waals surface area contributed by atoms with Crippen LogP contribution in [0, 0.1) is 11.8 Å². The molecule has 3 atom stereocenters. The van der Waals surface area contributed by atoms with Gasteiger partial charge in [-0.15, -0.1) is 0 Å². The largest absolute Gasteiger partial charge is 0.345 e. The molecule has 0 rings (SSSR count). The normalized spacial score (nSPS) is 14.3. The highest BCUT2D eigenvalue weighted by Crippen LogP contribution is 2.09. The first-order valence-electron chi connectivity index (χ1n) is 10.1. The molecule has 0 aromatic rings. The third kappa shape index (κ3) is 11.7. The maximum Gasteiger partial charge on any atom is 0.243 e. The summed E-state index contributed by atoms with van der Waals surface area (Å²) in [6.45, 7) is 9.70. The van der Waals surface area contributed by atoms with Crippen molar-refractivity contribution < 1.29 is 19.2 Å². The zero-order valence-electron chi connectivity index (χ0n) is 17.9. The van der Waals surface area contributed by atoms with Gasteiger partial charge in [-0.3, -0.25) is 14.4 Å². The second-order valence-electron chi connectivity index (χ2n) is 8.11.